The van der Waals surface area contributed by atoms with Gasteiger partial charge in [0.25, 0.3) is 0 Å². The van der Waals surface area contributed by atoms with Crippen LogP contribution < -0.4 is 5.32 Å². The summed E-state index contributed by atoms with van der Waals surface area (Å²) in [6.07, 6.45) is 1.44. The highest BCUT2D eigenvalue weighted by Crippen LogP contribution is 2.24. The Hall–Kier alpha value is -1.13. The fraction of sp³-hybridized carbons (Fsp3) is 0.562. The number of hydrogen-bond acceptors (Lipinski definition) is 2. The highest BCUT2D eigenvalue weighted by Gasteiger charge is 2.27. The van der Waals surface area contributed by atoms with Gasteiger partial charge in [0.05, 0.1) is 0 Å². The van der Waals surface area contributed by atoms with Gasteiger partial charge in [-0.15, -0.1) is 12.4 Å². The molecular formula is C16H24ClFN2O. The average Bonchev–Trinajstić information content (AvgIpc) is 2.88. The molecule has 1 fully saturated rings. The van der Waals surface area contributed by atoms with E-state index in [1.54, 1.807) is 12.1 Å². The fourth-order valence-electron chi connectivity index (χ4n) is 2.89. The van der Waals surface area contributed by atoms with Gasteiger partial charge in [-0.25, -0.2) is 4.39 Å². The Morgan fingerprint density at radius 2 is 2.19 bits per heavy atom. The van der Waals surface area contributed by atoms with E-state index >= 15 is 0 Å². The van der Waals surface area contributed by atoms with Crippen LogP contribution in [0.5, 0.6) is 0 Å². The number of amides is 1. The van der Waals surface area contributed by atoms with Crippen molar-refractivity contribution in [2.45, 2.75) is 25.7 Å². The summed E-state index contributed by atoms with van der Waals surface area (Å²) in [4.78, 5) is 14.2. The molecule has 118 valence electrons. The summed E-state index contributed by atoms with van der Waals surface area (Å²) in [7, 11) is 1.94. The molecule has 1 aliphatic heterocycles. The molecule has 0 aromatic heterocycles. The van der Waals surface area contributed by atoms with Gasteiger partial charge in [-0.1, -0.05) is 25.1 Å². The second kappa shape index (κ2) is 8.35. The van der Waals surface area contributed by atoms with Crippen molar-refractivity contribution in [2.24, 2.45) is 5.92 Å². The molecule has 0 saturated carbocycles. The number of carbonyl (C=O) groups is 1. The van der Waals surface area contributed by atoms with Crippen LogP contribution >= 0.6 is 12.4 Å². The topological polar surface area (TPSA) is 32.3 Å². The summed E-state index contributed by atoms with van der Waals surface area (Å²) in [5.41, 5.74) is 0.631. The van der Waals surface area contributed by atoms with E-state index in [0.717, 1.165) is 26.1 Å². The van der Waals surface area contributed by atoms with Gasteiger partial charge in [-0.3, -0.25) is 4.79 Å². The van der Waals surface area contributed by atoms with Crippen LogP contribution in [0, 0.1) is 11.7 Å². The first-order valence-electron chi connectivity index (χ1n) is 7.28. The van der Waals surface area contributed by atoms with Crippen LogP contribution in [0.15, 0.2) is 24.3 Å². The third-order valence-electron chi connectivity index (χ3n) is 4.05. The zero-order valence-electron chi connectivity index (χ0n) is 12.6. The van der Waals surface area contributed by atoms with E-state index in [0.29, 0.717) is 17.9 Å². The largest absolute Gasteiger partial charge is 0.342 e. The highest BCUT2D eigenvalue weighted by molar-refractivity contribution is 5.85. The molecule has 2 rings (SSSR count). The molecule has 1 aromatic carbocycles. The van der Waals surface area contributed by atoms with Gasteiger partial charge in [-0.2, -0.15) is 0 Å². The fourth-order valence-corrected chi connectivity index (χ4v) is 2.89. The lowest BCUT2D eigenvalue weighted by Crippen LogP contribution is -2.31. The van der Waals surface area contributed by atoms with E-state index in [1.807, 2.05) is 24.9 Å². The van der Waals surface area contributed by atoms with Crippen molar-refractivity contribution >= 4 is 18.3 Å². The molecule has 1 N–H and O–H groups in total. The van der Waals surface area contributed by atoms with Crippen LogP contribution in [0.2, 0.25) is 0 Å². The molecule has 1 heterocycles. The Morgan fingerprint density at radius 3 is 2.86 bits per heavy atom. The van der Waals surface area contributed by atoms with E-state index < -0.39 is 0 Å². The first-order chi connectivity index (χ1) is 9.61. The van der Waals surface area contributed by atoms with E-state index in [2.05, 4.69) is 5.32 Å². The molecule has 1 saturated heterocycles. The maximum absolute atomic E-state index is 13.7. The van der Waals surface area contributed by atoms with E-state index in [1.165, 1.54) is 6.07 Å². The molecule has 21 heavy (non-hydrogen) atoms. The van der Waals surface area contributed by atoms with Gasteiger partial charge >= 0.3 is 0 Å². The lowest BCUT2D eigenvalue weighted by molar-refractivity contribution is -0.130. The van der Waals surface area contributed by atoms with Crippen molar-refractivity contribution in [1.82, 2.24) is 10.2 Å². The summed E-state index contributed by atoms with van der Waals surface area (Å²) >= 11 is 0. The summed E-state index contributed by atoms with van der Waals surface area (Å²) in [5.74, 6) is 0.390. The summed E-state index contributed by atoms with van der Waals surface area (Å²) in [5, 5.41) is 3.16. The minimum atomic E-state index is -0.220. The van der Waals surface area contributed by atoms with Crippen LogP contribution in [0.1, 0.15) is 31.2 Å². The van der Waals surface area contributed by atoms with Gasteiger partial charge in [0, 0.05) is 19.5 Å². The van der Waals surface area contributed by atoms with E-state index in [-0.39, 0.29) is 30.0 Å². The van der Waals surface area contributed by atoms with Crippen molar-refractivity contribution in [1.29, 1.82) is 0 Å². The van der Waals surface area contributed by atoms with Crippen LogP contribution in [-0.4, -0.2) is 37.5 Å². The molecule has 1 amide bonds. The number of hydrogen-bond donors (Lipinski definition) is 1. The quantitative estimate of drug-likeness (QED) is 0.906. The zero-order chi connectivity index (χ0) is 14.5. The Labute approximate surface area is 132 Å². The number of benzene rings is 1. The second-order valence-corrected chi connectivity index (χ2v) is 5.68. The molecule has 3 nitrogen and oxygen atoms in total. The van der Waals surface area contributed by atoms with Crippen molar-refractivity contribution in [3.8, 4) is 0 Å². The maximum Gasteiger partial charge on any atom is 0.223 e. The minimum Gasteiger partial charge on any atom is -0.342 e. The predicted octanol–water partition coefficient (Wildman–Crippen LogP) is 2.81. The number of halogens is 2. The molecule has 0 bridgehead atoms. The van der Waals surface area contributed by atoms with E-state index in [9.17, 15) is 9.18 Å². The first kappa shape index (κ1) is 17.9. The Balaban J connectivity index is 0.00000220. The Kier molecular flexibility index (Phi) is 7.12. The monoisotopic (exact) mass is 314 g/mol. The zero-order valence-corrected chi connectivity index (χ0v) is 13.5. The standard InChI is InChI=1S/C16H23FN2O.ClH/c1-12(14-5-3-4-6-15(14)17)9-16(20)19-8-7-13(11-19)10-18-2;/h3-6,12-13,18H,7-11H2,1-2H3;1H. The molecule has 5 heteroatoms. The number of nitrogens with one attached hydrogen (secondary N) is 1. The average molecular weight is 315 g/mol. The molecule has 0 spiro atoms. The van der Waals surface area contributed by atoms with Gasteiger partial charge in [0.15, 0.2) is 0 Å². The molecular weight excluding hydrogens is 291 g/mol. The predicted molar refractivity (Wildman–Crippen MR) is 85.3 cm³/mol. The molecule has 2 unspecified atom stereocenters. The van der Waals surface area contributed by atoms with E-state index in [4.69, 9.17) is 0 Å². The molecule has 2 atom stereocenters. The SMILES string of the molecule is CNCC1CCN(C(=O)CC(C)c2ccccc2F)C1.Cl. The van der Waals surface area contributed by atoms with Gasteiger partial charge in [0.2, 0.25) is 5.91 Å². The normalized spacial score (nSPS) is 19.2. The first-order valence-corrected chi connectivity index (χ1v) is 7.28. The van der Waals surface area contributed by atoms with Crippen molar-refractivity contribution < 1.29 is 9.18 Å². The van der Waals surface area contributed by atoms with Crippen LogP contribution in [0.4, 0.5) is 4.39 Å². The maximum atomic E-state index is 13.7. The lowest BCUT2D eigenvalue weighted by atomic mass is 9.96. The minimum absolute atomic E-state index is 0. The van der Waals surface area contributed by atoms with Crippen LogP contribution in [-0.2, 0) is 4.79 Å². The molecule has 0 radical (unpaired) electrons. The van der Waals surface area contributed by atoms with Crippen molar-refractivity contribution in [2.75, 3.05) is 26.7 Å². The number of rotatable bonds is 5. The second-order valence-electron chi connectivity index (χ2n) is 5.68. The van der Waals surface area contributed by atoms with Gasteiger partial charge in [-0.05, 0) is 43.5 Å². The van der Waals surface area contributed by atoms with Crippen LogP contribution in [0.3, 0.4) is 0 Å². The van der Waals surface area contributed by atoms with Crippen LogP contribution in [0.25, 0.3) is 0 Å². The molecule has 0 aliphatic carbocycles. The summed E-state index contributed by atoms with van der Waals surface area (Å²) < 4.78 is 13.7. The summed E-state index contributed by atoms with van der Waals surface area (Å²) in [6.45, 7) is 4.52. The number of carbonyl (C=O) groups excluding carboxylic acids is 1. The van der Waals surface area contributed by atoms with Crippen molar-refractivity contribution in [3.63, 3.8) is 0 Å². The molecule has 1 aromatic rings. The van der Waals surface area contributed by atoms with Gasteiger partial charge < -0.3 is 10.2 Å². The Bertz CT molecular complexity index is 469. The summed E-state index contributed by atoms with van der Waals surface area (Å²) in [6, 6.07) is 6.71. The third-order valence-corrected chi connectivity index (χ3v) is 4.05. The van der Waals surface area contributed by atoms with Crippen molar-refractivity contribution in [3.05, 3.63) is 35.6 Å². The lowest BCUT2D eigenvalue weighted by Gasteiger charge is -2.19. The third kappa shape index (κ3) is 4.68. The van der Waals surface area contributed by atoms with Gasteiger partial charge in [0.1, 0.15) is 5.82 Å². The smallest absolute Gasteiger partial charge is 0.223 e. The number of likely N-dealkylation sites (tertiary alicyclic amines) is 1. The molecule has 1 aliphatic rings. The number of nitrogens with zero attached hydrogens (tertiary/aromatic N) is 1. The Morgan fingerprint density at radius 1 is 1.48 bits per heavy atom. The highest BCUT2D eigenvalue weighted by atomic mass is 35.5.